The number of nitrogens with zero attached hydrogens (tertiary/aromatic N) is 2. The van der Waals surface area contributed by atoms with Crippen LogP contribution < -0.4 is 4.90 Å². The fraction of sp³-hybridized carbons (Fsp3) is 0.611. The van der Waals surface area contributed by atoms with E-state index in [1.165, 1.54) is 0 Å². The molecule has 1 unspecified atom stereocenters. The Morgan fingerprint density at radius 2 is 1.68 bits per heavy atom. The number of carbonyl (C=O) groups excluding carboxylic acids is 1. The lowest BCUT2D eigenvalue weighted by atomic mass is 9.94. The number of rotatable bonds is 4. The summed E-state index contributed by atoms with van der Waals surface area (Å²) in [5.74, 6) is 0.658. The van der Waals surface area contributed by atoms with Gasteiger partial charge in [-0.15, -0.1) is 0 Å². The van der Waals surface area contributed by atoms with E-state index in [-0.39, 0.29) is 23.8 Å². The zero-order valence-electron chi connectivity index (χ0n) is 13.5. The predicted molar refractivity (Wildman–Crippen MR) is 88.1 cm³/mol. The second kappa shape index (κ2) is 6.29. The molecule has 0 radical (unpaired) electrons. The molecular weight excluding hydrogens is 276 g/mol. The quantitative estimate of drug-likeness (QED) is 0.928. The number of fused-ring (bicyclic) bond motifs is 2. The molecule has 1 aliphatic heterocycles. The Labute approximate surface area is 132 Å². The van der Waals surface area contributed by atoms with Crippen LogP contribution in [0.4, 0.5) is 5.69 Å². The van der Waals surface area contributed by atoms with Crippen molar-refractivity contribution in [2.24, 2.45) is 11.8 Å². The number of likely N-dealkylation sites (tertiary alicyclic amines) is 1. The molecule has 0 spiro atoms. The van der Waals surface area contributed by atoms with E-state index >= 15 is 0 Å². The van der Waals surface area contributed by atoms with Crippen molar-refractivity contribution in [3.05, 3.63) is 29.8 Å². The summed E-state index contributed by atoms with van der Waals surface area (Å²) in [5, 5.41) is 10.1. The van der Waals surface area contributed by atoms with Crippen LogP contribution in [-0.2, 0) is 0 Å². The number of benzene rings is 1. The summed E-state index contributed by atoms with van der Waals surface area (Å²) in [7, 11) is 0. The monoisotopic (exact) mass is 302 g/mol. The number of carbonyl (C=O) groups is 1. The second-order valence-corrected chi connectivity index (χ2v) is 6.52. The van der Waals surface area contributed by atoms with Crippen molar-refractivity contribution in [1.82, 2.24) is 4.90 Å². The van der Waals surface area contributed by atoms with Gasteiger partial charge in [-0.25, -0.2) is 0 Å². The Morgan fingerprint density at radius 1 is 1.14 bits per heavy atom. The molecule has 1 aromatic rings. The minimum atomic E-state index is -0.200. The minimum Gasteiger partial charge on any atom is -0.392 e. The largest absolute Gasteiger partial charge is 0.392 e. The van der Waals surface area contributed by atoms with E-state index in [4.69, 9.17) is 0 Å². The van der Waals surface area contributed by atoms with E-state index in [1.54, 1.807) is 0 Å². The van der Waals surface area contributed by atoms with Gasteiger partial charge in [-0.3, -0.25) is 4.79 Å². The molecule has 2 bridgehead atoms. The average molecular weight is 302 g/mol. The molecule has 2 fully saturated rings. The van der Waals surface area contributed by atoms with Crippen molar-refractivity contribution in [3.63, 3.8) is 0 Å². The third-order valence-corrected chi connectivity index (χ3v) is 5.31. The summed E-state index contributed by atoms with van der Waals surface area (Å²) in [6, 6.07) is 7.94. The van der Waals surface area contributed by atoms with Crippen LogP contribution in [0.5, 0.6) is 0 Å². The zero-order valence-corrected chi connectivity index (χ0v) is 13.5. The molecule has 2 aliphatic rings. The van der Waals surface area contributed by atoms with Gasteiger partial charge < -0.3 is 14.9 Å². The SMILES string of the molecule is CCN(CC)c1ccc(C(=O)N2C[C@H]3CC[C@@H](C2)C3O)cc1. The molecule has 1 aliphatic carbocycles. The number of amides is 1. The highest BCUT2D eigenvalue weighted by atomic mass is 16.3. The predicted octanol–water partition coefficient (Wildman–Crippen LogP) is 2.38. The molecule has 1 saturated carbocycles. The van der Waals surface area contributed by atoms with Gasteiger partial charge in [0.2, 0.25) is 0 Å². The molecule has 1 saturated heterocycles. The average Bonchev–Trinajstić information content (AvgIpc) is 2.77. The standard InChI is InChI=1S/C18H26N2O2/c1-3-19(4-2)16-9-7-13(8-10-16)18(22)20-11-14-5-6-15(12-20)17(14)21/h7-10,14-15,17,21H,3-6,11-12H2,1-2H3/t14-,15+,17?. The maximum absolute atomic E-state index is 12.7. The van der Waals surface area contributed by atoms with E-state index in [0.29, 0.717) is 13.1 Å². The highest BCUT2D eigenvalue weighted by Crippen LogP contribution is 2.37. The van der Waals surface area contributed by atoms with Gasteiger partial charge in [0.05, 0.1) is 6.10 Å². The Morgan fingerprint density at radius 3 is 2.18 bits per heavy atom. The van der Waals surface area contributed by atoms with Crippen LogP contribution in [0.25, 0.3) is 0 Å². The topological polar surface area (TPSA) is 43.8 Å². The van der Waals surface area contributed by atoms with Gasteiger partial charge in [0.1, 0.15) is 0 Å². The number of piperidine rings is 1. The van der Waals surface area contributed by atoms with E-state index in [0.717, 1.165) is 37.2 Å². The van der Waals surface area contributed by atoms with Gasteiger partial charge in [0.25, 0.3) is 5.91 Å². The maximum atomic E-state index is 12.7. The summed E-state index contributed by atoms with van der Waals surface area (Å²) < 4.78 is 0. The molecule has 1 aromatic carbocycles. The summed E-state index contributed by atoms with van der Waals surface area (Å²) >= 11 is 0. The van der Waals surface area contributed by atoms with E-state index in [2.05, 4.69) is 18.7 Å². The fourth-order valence-electron chi connectivity index (χ4n) is 3.95. The van der Waals surface area contributed by atoms with Crippen LogP contribution in [0.3, 0.4) is 0 Å². The molecule has 4 nitrogen and oxygen atoms in total. The van der Waals surface area contributed by atoms with Gasteiger partial charge in [0.15, 0.2) is 0 Å². The second-order valence-electron chi connectivity index (χ2n) is 6.52. The first-order valence-electron chi connectivity index (χ1n) is 8.46. The number of hydrogen-bond donors (Lipinski definition) is 1. The summed E-state index contributed by atoms with van der Waals surface area (Å²) in [5.41, 5.74) is 1.92. The van der Waals surface area contributed by atoms with E-state index < -0.39 is 0 Å². The first-order chi connectivity index (χ1) is 10.6. The van der Waals surface area contributed by atoms with Crippen molar-refractivity contribution >= 4 is 11.6 Å². The van der Waals surface area contributed by atoms with Crippen LogP contribution in [0.15, 0.2) is 24.3 Å². The molecule has 120 valence electrons. The molecular formula is C18H26N2O2. The lowest BCUT2D eigenvalue weighted by Crippen LogP contribution is -2.47. The molecule has 22 heavy (non-hydrogen) atoms. The van der Waals surface area contributed by atoms with E-state index in [9.17, 15) is 9.90 Å². The third-order valence-electron chi connectivity index (χ3n) is 5.31. The molecule has 4 heteroatoms. The fourth-order valence-corrected chi connectivity index (χ4v) is 3.95. The number of aliphatic hydroxyl groups excluding tert-OH is 1. The van der Waals surface area contributed by atoms with Gasteiger partial charge in [-0.2, -0.15) is 0 Å². The van der Waals surface area contributed by atoms with Crippen LogP contribution in [0.2, 0.25) is 0 Å². The van der Waals surface area contributed by atoms with Crippen LogP contribution in [0.1, 0.15) is 37.0 Å². The minimum absolute atomic E-state index is 0.106. The lowest BCUT2D eigenvalue weighted by molar-refractivity contribution is 0.0166. The van der Waals surface area contributed by atoms with Gasteiger partial charge in [0, 0.05) is 49.3 Å². The number of anilines is 1. The van der Waals surface area contributed by atoms with Gasteiger partial charge >= 0.3 is 0 Å². The maximum Gasteiger partial charge on any atom is 0.253 e. The van der Waals surface area contributed by atoms with Crippen LogP contribution >= 0.6 is 0 Å². The summed E-state index contributed by atoms with van der Waals surface area (Å²) in [4.78, 5) is 16.9. The molecule has 1 heterocycles. The highest BCUT2D eigenvalue weighted by Gasteiger charge is 2.42. The normalized spacial score (nSPS) is 27.0. The van der Waals surface area contributed by atoms with Crippen molar-refractivity contribution in [2.75, 3.05) is 31.1 Å². The highest BCUT2D eigenvalue weighted by molar-refractivity contribution is 5.94. The molecule has 3 rings (SSSR count). The number of aliphatic hydroxyl groups is 1. The molecule has 0 aromatic heterocycles. The molecule has 3 atom stereocenters. The first-order valence-corrected chi connectivity index (χ1v) is 8.46. The number of hydrogen-bond acceptors (Lipinski definition) is 3. The Kier molecular flexibility index (Phi) is 4.39. The Balaban J connectivity index is 1.70. The van der Waals surface area contributed by atoms with Crippen molar-refractivity contribution in [2.45, 2.75) is 32.8 Å². The Hall–Kier alpha value is -1.55. The van der Waals surface area contributed by atoms with Crippen LogP contribution in [0, 0.1) is 11.8 Å². The van der Waals surface area contributed by atoms with Crippen molar-refractivity contribution in [3.8, 4) is 0 Å². The third kappa shape index (κ3) is 2.72. The smallest absolute Gasteiger partial charge is 0.253 e. The van der Waals surface area contributed by atoms with Crippen molar-refractivity contribution < 1.29 is 9.90 Å². The van der Waals surface area contributed by atoms with E-state index in [1.807, 2.05) is 29.2 Å². The molecule has 1 N–H and O–H groups in total. The first kappa shape index (κ1) is 15.3. The van der Waals surface area contributed by atoms with Crippen LogP contribution in [-0.4, -0.2) is 48.2 Å². The van der Waals surface area contributed by atoms with Crippen molar-refractivity contribution in [1.29, 1.82) is 0 Å². The summed E-state index contributed by atoms with van der Waals surface area (Å²) in [6.07, 6.45) is 1.90. The van der Waals surface area contributed by atoms with Gasteiger partial charge in [-0.1, -0.05) is 0 Å². The zero-order chi connectivity index (χ0) is 15.7. The Bertz CT molecular complexity index is 510. The molecule has 1 amide bonds. The summed E-state index contributed by atoms with van der Waals surface area (Å²) in [6.45, 7) is 7.62. The van der Waals surface area contributed by atoms with Gasteiger partial charge in [-0.05, 0) is 51.0 Å². The lowest BCUT2D eigenvalue weighted by Gasteiger charge is -2.35.